The largest absolute Gasteiger partial charge is 0.402 e. The van der Waals surface area contributed by atoms with Gasteiger partial charge in [-0.3, -0.25) is 0 Å². The fourth-order valence-corrected chi connectivity index (χ4v) is 1.36. The van der Waals surface area contributed by atoms with Crippen molar-refractivity contribution in [2.45, 2.75) is 34.1 Å². The van der Waals surface area contributed by atoms with Crippen LogP contribution in [0.1, 0.15) is 34.1 Å². The third kappa shape index (κ3) is 4.07. The van der Waals surface area contributed by atoms with Crippen LogP contribution in [0.5, 0.6) is 0 Å². The lowest BCUT2D eigenvalue weighted by Gasteiger charge is -2.22. The zero-order chi connectivity index (χ0) is 9.02. The van der Waals surface area contributed by atoms with Crippen LogP contribution in [0.25, 0.3) is 0 Å². The van der Waals surface area contributed by atoms with Crippen LogP contribution in [-0.2, 0) is 0 Å². The first-order chi connectivity index (χ1) is 4.95. The summed E-state index contributed by atoms with van der Waals surface area (Å²) in [5.74, 6) is 1.83. The monoisotopic (exact) mass is 155 g/mol. The standard InChI is InChI=1S/C10H21N/c1-7(2)6-10(8(3)4)9(5)11/h7-8,10H,5-6,11H2,1-4H3. The lowest BCUT2D eigenvalue weighted by Crippen LogP contribution is -2.18. The maximum Gasteiger partial charge on any atom is 0.00417 e. The quantitative estimate of drug-likeness (QED) is 0.663. The Bertz CT molecular complexity index is 125. The maximum atomic E-state index is 5.69. The summed E-state index contributed by atoms with van der Waals surface area (Å²) in [6, 6.07) is 0. The van der Waals surface area contributed by atoms with Crippen LogP contribution in [0.4, 0.5) is 0 Å². The molecule has 0 saturated heterocycles. The van der Waals surface area contributed by atoms with E-state index in [1.807, 2.05) is 0 Å². The van der Waals surface area contributed by atoms with Gasteiger partial charge in [-0.15, -0.1) is 0 Å². The first kappa shape index (κ1) is 10.5. The first-order valence-electron chi connectivity index (χ1n) is 4.39. The molecule has 66 valence electrons. The molecular weight excluding hydrogens is 134 g/mol. The Morgan fingerprint density at radius 3 is 1.82 bits per heavy atom. The Hall–Kier alpha value is -0.460. The Kier molecular flexibility index (Phi) is 4.24. The molecule has 0 amide bonds. The minimum atomic E-state index is 0.495. The van der Waals surface area contributed by atoms with E-state index in [9.17, 15) is 0 Å². The average Bonchev–Trinajstić information content (AvgIpc) is 1.81. The summed E-state index contributed by atoms with van der Waals surface area (Å²) in [7, 11) is 0. The van der Waals surface area contributed by atoms with Gasteiger partial charge in [-0.05, 0) is 18.3 Å². The fourth-order valence-electron chi connectivity index (χ4n) is 1.36. The van der Waals surface area contributed by atoms with Crippen molar-refractivity contribution in [2.75, 3.05) is 0 Å². The van der Waals surface area contributed by atoms with Crippen molar-refractivity contribution in [2.24, 2.45) is 23.5 Å². The van der Waals surface area contributed by atoms with Gasteiger partial charge in [0.15, 0.2) is 0 Å². The predicted octanol–water partition coefficient (Wildman–Crippen LogP) is 2.78. The molecule has 0 aromatic heterocycles. The van der Waals surface area contributed by atoms with Gasteiger partial charge in [-0.1, -0.05) is 34.3 Å². The van der Waals surface area contributed by atoms with Crippen molar-refractivity contribution >= 4 is 0 Å². The summed E-state index contributed by atoms with van der Waals surface area (Å²) in [4.78, 5) is 0. The Morgan fingerprint density at radius 1 is 1.27 bits per heavy atom. The molecule has 1 nitrogen and oxygen atoms in total. The van der Waals surface area contributed by atoms with Gasteiger partial charge < -0.3 is 5.73 Å². The Labute approximate surface area is 70.7 Å². The van der Waals surface area contributed by atoms with Crippen molar-refractivity contribution in [3.63, 3.8) is 0 Å². The highest BCUT2D eigenvalue weighted by molar-refractivity contribution is 4.96. The van der Waals surface area contributed by atoms with Crippen molar-refractivity contribution in [3.8, 4) is 0 Å². The van der Waals surface area contributed by atoms with Gasteiger partial charge >= 0.3 is 0 Å². The highest BCUT2D eigenvalue weighted by atomic mass is 14.6. The number of hydrogen-bond donors (Lipinski definition) is 1. The summed E-state index contributed by atoms with van der Waals surface area (Å²) in [5, 5.41) is 0. The number of hydrogen-bond acceptors (Lipinski definition) is 1. The summed E-state index contributed by atoms with van der Waals surface area (Å²) >= 11 is 0. The molecule has 0 saturated carbocycles. The first-order valence-corrected chi connectivity index (χ1v) is 4.39. The molecule has 0 spiro atoms. The smallest absolute Gasteiger partial charge is 0.00417 e. The predicted molar refractivity (Wildman–Crippen MR) is 51.1 cm³/mol. The Morgan fingerprint density at radius 2 is 1.73 bits per heavy atom. The normalized spacial score (nSPS) is 14.0. The molecule has 1 atom stereocenters. The molecule has 0 aromatic rings. The third-order valence-corrected chi connectivity index (χ3v) is 2.01. The van der Waals surface area contributed by atoms with Crippen LogP contribution in [0.15, 0.2) is 12.3 Å². The van der Waals surface area contributed by atoms with Gasteiger partial charge in [0, 0.05) is 11.6 Å². The van der Waals surface area contributed by atoms with E-state index < -0.39 is 0 Å². The Balaban J connectivity index is 4.01. The topological polar surface area (TPSA) is 26.0 Å². The highest BCUT2D eigenvalue weighted by Crippen LogP contribution is 2.23. The van der Waals surface area contributed by atoms with Gasteiger partial charge in [-0.25, -0.2) is 0 Å². The second kappa shape index (κ2) is 4.42. The zero-order valence-corrected chi connectivity index (χ0v) is 8.22. The molecule has 0 rings (SSSR count). The summed E-state index contributed by atoms with van der Waals surface area (Å²) in [6.45, 7) is 12.6. The molecule has 0 bridgehead atoms. The van der Waals surface area contributed by atoms with Gasteiger partial charge in [-0.2, -0.15) is 0 Å². The summed E-state index contributed by atoms with van der Waals surface area (Å²) in [6.07, 6.45) is 1.16. The SMILES string of the molecule is C=C(N)C(CC(C)C)C(C)C. The van der Waals surface area contributed by atoms with Crippen LogP contribution < -0.4 is 5.73 Å². The molecule has 0 radical (unpaired) electrons. The third-order valence-electron chi connectivity index (χ3n) is 2.01. The number of rotatable bonds is 4. The van der Waals surface area contributed by atoms with E-state index >= 15 is 0 Å². The highest BCUT2D eigenvalue weighted by Gasteiger charge is 2.15. The van der Waals surface area contributed by atoms with Crippen LogP contribution in [0.2, 0.25) is 0 Å². The molecule has 0 aliphatic rings. The minimum Gasteiger partial charge on any atom is -0.402 e. The van der Waals surface area contributed by atoms with Crippen molar-refractivity contribution in [1.82, 2.24) is 0 Å². The molecule has 11 heavy (non-hydrogen) atoms. The van der Waals surface area contributed by atoms with E-state index in [-0.39, 0.29) is 0 Å². The van der Waals surface area contributed by atoms with E-state index in [0.717, 1.165) is 12.1 Å². The molecular formula is C10H21N. The van der Waals surface area contributed by atoms with Gasteiger partial charge in [0.1, 0.15) is 0 Å². The summed E-state index contributed by atoms with van der Waals surface area (Å²) in [5.41, 5.74) is 6.53. The molecule has 0 aliphatic carbocycles. The minimum absolute atomic E-state index is 0.495. The molecule has 2 N–H and O–H groups in total. The van der Waals surface area contributed by atoms with E-state index in [0.29, 0.717) is 17.8 Å². The van der Waals surface area contributed by atoms with Gasteiger partial charge in [0.2, 0.25) is 0 Å². The van der Waals surface area contributed by atoms with E-state index in [1.54, 1.807) is 0 Å². The second-order valence-corrected chi connectivity index (χ2v) is 4.05. The average molecular weight is 155 g/mol. The molecule has 1 heteroatoms. The molecule has 0 aromatic carbocycles. The maximum absolute atomic E-state index is 5.69. The summed E-state index contributed by atoms with van der Waals surface area (Å²) < 4.78 is 0. The van der Waals surface area contributed by atoms with Gasteiger partial charge in [0.25, 0.3) is 0 Å². The lowest BCUT2D eigenvalue weighted by atomic mass is 9.86. The van der Waals surface area contributed by atoms with Crippen LogP contribution in [0.3, 0.4) is 0 Å². The van der Waals surface area contributed by atoms with Crippen LogP contribution in [0, 0.1) is 17.8 Å². The molecule has 0 heterocycles. The zero-order valence-electron chi connectivity index (χ0n) is 8.22. The van der Waals surface area contributed by atoms with Crippen molar-refractivity contribution in [3.05, 3.63) is 12.3 Å². The number of nitrogens with two attached hydrogens (primary N) is 1. The molecule has 1 unspecified atom stereocenters. The van der Waals surface area contributed by atoms with Crippen LogP contribution >= 0.6 is 0 Å². The fraction of sp³-hybridized carbons (Fsp3) is 0.800. The molecule has 0 aliphatic heterocycles. The van der Waals surface area contributed by atoms with E-state index in [1.165, 1.54) is 0 Å². The molecule has 0 fully saturated rings. The van der Waals surface area contributed by atoms with Gasteiger partial charge in [0.05, 0.1) is 0 Å². The van der Waals surface area contributed by atoms with Crippen molar-refractivity contribution < 1.29 is 0 Å². The van der Waals surface area contributed by atoms with E-state index in [4.69, 9.17) is 5.73 Å². The van der Waals surface area contributed by atoms with E-state index in [2.05, 4.69) is 34.3 Å². The number of allylic oxidation sites excluding steroid dienone is 1. The van der Waals surface area contributed by atoms with Crippen LogP contribution in [-0.4, -0.2) is 0 Å². The lowest BCUT2D eigenvalue weighted by molar-refractivity contribution is 0.361. The second-order valence-electron chi connectivity index (χ2n) is 4.05. The van der Waals surface area contributed by atoms with Crippen molar-refractivity contribution in [1.29, 1.82) is 0 Å².